The van der Waals surface area contributed by atoms with Gasteiger partial charge in [0.2, 0.25) is 0 Å². The second kappa shape index (κ2) is 8.25. The molecule has 1 amide bonds. The van der Waals surface area contributed by atoms with E-state index in [0.29, 0.717) is 6.29 Å². The highest BCUT2D eigenvalue weighted by Crippen LogP contribution is 2.34. The highest BCUT2D eigenvalue weighted by Gasteiger charge is 2.55. The summed E-state index contributed by atoms with van der Waals surface area (Å²) in [6, 6.07) is 2.33. The monoisotopic (exact) mass is 418 g/mol. The van der Waals surface area contributed by atoms with Crippen molar-refractivity contribution in [1.82, 2.24) is 5.32 Å². The summed E-state index contributed by atoms with van der Waals surface area (Å²) in [6.07, 6.45) is -7.76. The summed E-state index contributed by atoms with van der Waals surface area (Å²) in [5.41, 5.74) is -3.17. The van der Waals surface area contributed by atoms with Gasteiger partial charge in [0.25, 0.3) is 5.69 Å². The minimum Gasteiger partial charge on any atom is -0.377 e. The first-order chi connectivity index (χ1) is 13.4. The van der Waals surface area contributed by atoms with Crippen LogP contribution in [0.3, 0.4) is 0 Å². The number of aliphatic hydroxyl groups is 1. The first-order valence-corrected chi connectivity index (χ1v) is 8.39. The summed E-state index contributed by atoms with van der Waals surface area (Å²) in [6.45, 7) is 1.22. The van der Waals surface area contributed by atoms with E-state index in [1.54, 1.807) is 5.32 Å². The Balaban J connectivity index is 2.41. The van der Waals surface area contributed by atoms with E-state index in [0.717, 1.165) is 24.3 Å². The summed E-state index contributed by atoms with van der Waals surface area (Å²) in [5, 5.41) is 23.4. The van der Waals surface area contributed by atoms with Gasteiger partial charge in [-0.25, -0.2) is 0 Å². The van der Waals surface area contributed by atoms with Crippen LogP contribution in [-0.2, 0) is 14.3 Å². The van der Waals surface area contributed by atoms with Gasteiger partial charge < -0.3 is 20.0 Å². The van der Waals surface area contributed by atoms with Crippen LogP contribution < -0.4 is 5.32 Å². The number of amides is 1. The number of ether oxygens (including phenoxy) is 1. The molecule has 1 aromatic carbocycles. The van der Waals surface area contributed by atoms with Gasteiger partial charge in [0.1, 0.15) is 6.29 Å². The molecule has 2 N–H and O–H groups in total. The lowest BCUT2D eigenvalue weighted by Gasteiger charge is -2.46. The summed E-state index contributed by atoms with van der Waals surface area (Å²) >= 11 is 0. The lowest BCUT2D eigenvalue weighted by molar-refractivity contribution is -0.384. The molecular weight excluding hydrogens is 401 g/mol. The molecule has 9 nitrogen and oxygen atoms in total. The van der Waals surface area contributed by atoms with Gasteiger partial charge in [0.15, 0.2) is 11.4 Å². The van der Waals surface area contributed by atoms with E-state index in [1.165, 1.54) is 6.92 Å². The maximum Gasteiger partial charge on any atom is 0.471 e. The van der Waals surface area contributed by atoms with Crippen LogP contribution in [0.5, 0.6) is 0 Å². The number of benzene rings is 1. The lowest BCUT2D eigenvalue weighted by atomic mass is 9.76. The molecular formula is C17H17F3N2O7. The number of carbonyl (C=O) groups is 3. The van der Waals surface area contributed by atoms with E-state index in [1.807, 2.05) is 0 Å². The third-order valence-corrected chi connectivity index (χ3v) is 4.67. The molecule has 1 heterocycles. The fraction of sp³-hybridized carbons (Fsp3) is 0.471. The number of nitrogens with one attached hydrogen (secondary N) is 1. The zero-order chi connectivity index (χ0) is 22.0. The number of nitro groups is 1. The van der Waals surface area contributed by atoms with Crippen LogP contribution in [0, 0.1) is 10.1 Å². The molecule has 12 heteroatoms. The molecule has 1 saturated heterocycles. The Kier molecular flexibility index (Phi) is 6.38. The molecule has 4 atom stereocenters. The smallest absolute Gasteiger partial charge is 0.377 e. The minimum atomic E-state index is -5.26. The fourth-order valence-corrected chi connectivity index (χ4v) is 3.15. The van der Waals surface area contributed by atoms with E-state index < -0.39 is 53.1 Å². The molecule has 1 aliphatic rings. The van der Waals surface area contributed by atoms with Crippen molar-refractivity contribution in [3.63, 3.8) is 0 Å². The van der Waals surface area contributed by atoms with Gasteiger partial charge in [-0.05, 0) is 25.5 Å². The molecule has 0 bridgehead atoms. The number of hydrogen-bond acceptors (Lipinski definition) is 7. The molecule has 1 fully saturated rings. The number of rotatable bonds is 6. The summed E-state index contributed by atoms with van der Waals surface area (Å²) in [4.78, 5) is 45.1. The Hall–Kier alpha value is -2.86. The third kappa shape index (κ3) is 4.59. The van der Waals surface area contributed by atoms with Gasteiger partial charge in [0, 0.05) is 24.1 Å². The first kappa shape index (κ1) is 22.4. The topological polar surface area (TPSA) is 136 Å². The van der Waals surface area contributed by atoms with Crippen molar-refractivity contribution < 1.29 is 42.3 Å². The number of aldehydes is 1. The largest absolute Gasteiger partial charge is 0.471 e. The van der Waals surface area contributed by atoms with Crippen LogP contribution in [0.25, 0.3) is 0 Å². The second-order valence-electron chi connectivity index (χ2n) is 6.52. The Morgan fingerprint density at radius 1 is 1.38 bits per heavy atom. The van der Waals surface area contributed by atoms with Crippen molar-refractivity contribution in [2.75, 3.05) is 0 Å². The molecule has 1 aromatic rings. The standard InChI is InChI=1S/C17H17F3N2O7/c1-9-16(26,14(24)10-2-4-11(5-3-10)22(27)28)13(8-12(29-9)6-7-23)21-15(25)17(18,19)20/h2-5,7,9,12-13,26H,6,8H2,1H3,(H,21,25)/t9-,12+,13+,16+/m1/s1. The van der Waals surface area contributed by atoms with Gasteiger partial charge in [-0.3, -0.25) is 19.7 Å². The minimum absolute atomic E-state index is 0.218. The molecule has 2 rings (SSSR count). The molecule has 0 saturated carbocycles. The van der Waals surface area contributed by atoms with Crippen LogP contribution in [0.1, 0.15) is 30.1 Å². The number of ketones is 1. The summed E-state index contributed by atoms with van der Waals surface area (Å²) in [5.74, 6) is -3.45. The highest BCUT2D eigenvalue weighted by molar-refractivity contribution is 6.04. The predicted octanol–water partition coefficient (Wildman–Crippen LogP) is 1.32. The molecule has 0 unspecified atom stereocenters. The SMILES string of the molecule is C[C@H]1O[C@@H](CC=O)C[C@H](NC(=O)C(F)(F)F)[C@]1(O)C(=O)c1ccc([N+](=O)[O-])cc1. The Morgan fingerprint density at radius 3 is 2.45 bits per heavy atom. The second-order valence-corrected chi connectivity index (χ2v) is 6.52. The van der Waals surface area contributed by atoms with Crippen molar-refractivity contribution >= 4 is 23.7 Å². The maximum atomic E-state index is 12.9. The molecule has 29 heavy (non-hydrogen) atoms. The van der Waals surface area contributed by atoms with Crippen LogP contribution in [-0.4, -0.2) is 58.0 Å². The number of nitro benzene ring substituents is 1. The molecule has 0 spiro atoms. The van der Waals surface area contributed by atoms with E-state index in [9.17, 15) is 42.8 Å². The van der Waals surface area contributed by atoms with Crippen molar-refractivity contribution in [2.45, 2.75) is 49.8 Å². The average molecular weight is 418 g/mol. The first-order valence-electron chi connectivity index (χ1n) is 8.39. The fourth-order valence-electron chi connectivity index (χ4n) is 3.15. The van der Waals surface area contributed by atoms with E-state index >= 15 is 0 Å². The molecule has 0 radical (unpaired) electrons. The predicted molar refractivity (Wildman–Crippen MR) is 90.0 cm³/mol. The number of alkyl halides is 3. The summed E-state index contributed by atoms with van der Waals surface area (Å²) < 4.78 is 43.5. The molecule has 1 aliphatic heterocycles. The number of halogens is 3. The normalized spacial score (nSPS) is 27.1. The van der Waals surface area contributed by atoms with Crippen molar-refractivity contribution in [1.29, 1.82) is 0 Å². The Bertz CT molecular complexity index is 812. The lowest BCUT2D eigenvalue weighted by Crippen LogP contribution is -2.68. The number of carbonyl (C=O) groups excluding carboxylic acids is 3. The van der Waals surface area contributed by atoms with E-state index in [-0.39, 0.29) is 17.7 Å². The Morgan fingerprint density at radius 2 is 1.97 bits per heavy atom. The number of hydrogen-bond donors (Lipinski definition) is 2. The van der Waals surface area contributed by atoms with Gasteiger partial charge in [-0.15, -0.1) is 0 Å². The van der Waals surface area contributed by atoms with Gasteiger partial charge in [0.05, 0.1) is 23.2 Å². The van der Waals surface area contributed by atoms with E-state index in [4.69, 9.17) is 4.74 Å². The molecule has 0 aliphatic carbocycles. The van der Waals surface area contributed by atoms with Gasteiger partial charge in [-0.1, -0.05) is 0 Å². The van der Waals surface area contributed by atoms with Crippen LogP contribution in [0.4, 0.5) is 18.9 Å². The summed E-state index contributed by atoms with van der Waals surface area (Å²) in [7, 11) is 0. The quantitative estimate of drug-likeness (QED) is 0.308. The van der Waals surface area contributed by atoms with Crippen molar-refractivity contribution in [2.24, 2.45) is 0 Å². The van der Waals surface area contributed by atoms with Crippen LogP contribution in [0.15, 0.2) is 24.3 Å². The number of nitrogens with zero attached hydrogens (tertiary/aromatic N) is 1. The third-order valence-electron chi connectivity index (χ3n) is 4.67. The van der Waals surface area contributed by atoms with Crippen molar-refractivity contribution in [3.8, 4) is 0 Å². The maximum absolute atomic E-state index is 12.9. The number of Topliss-reactive ketones (excluding diaryl/α,β-unsaturated/α-hetero) is 1. The van der Waals surface area contributed by atoms with E-state index in [2.05, 4.69) is 0 Å². The molecule has 158 valence electrons. The number of non-ortho nitro benzene ring substituents is 1. The van der Waals surface area contributed by atoms with Crippen LogP contribution >= 0.6 is 0 Å². The molecule has 0 aromatic heterocycles. The van der Waals surface area contributed by atoms with Gasteiger partial charge in [-0.2, -0.15) is 13.2 Å². The zero-order valence-electron chi connectivity index (χ0n) is 15.0. The van der Waals surface area contributed by atoms with Crippen LogP contribution in [0.2, 0.25) is 0 Å². The highest BCUT2D eigenvalue weighted by atomic mass is 19.4. The van der Waals surface area contributed by atoms with Crippen molar-refractivity contribution in [3.05, 3.63) is 39.9 Å². The van der Waals surface area contributed by atoms with Gasteiger partial charge >= 0.3 is 12.1 Å². The average Bonchev–Trinajstić information content (AvgIpc) is 2.64. The Labute approximate surface area is 162 Å². The zero-order valence-corrected chi connectivity index (χ0v) is 15.0.